The van der Waals surface area contributed by atoms with Crippen molar-refractivity contribution in [1.82, 2.24) is 5.32 Å². The smallest absolute Gasteiger partial charge is 0.0685 e. The molecule has 1 heterocycles. The van der Waals surface area contributed by atoms with Crippen molar-refractivity contribution < 1.29 is 9.84 Å². The van der Waals surface area contributed by atoms with Crippen LogP contribution in [-0.2, 0) is 11.3 Å². The van der Waals surface area contributed by atoms with Crippen LogP contribution < -0.4 is 5.32 Å². The van der Waals surface area contributed by atoms with Crippen molar-refractivity contribution in [2.45, 2.75) is 12.6 Å². The number of aliphatic hydroxyl groups is 1. The van der Waals surface area contributed by atoms with Crippen LogP contribution in [0.25, 0.3) is 0 Å². The van der Waals surface area contributed by atoms with Crippen molar-refractivity contribution in [3.05, 3.63) is 35.4 Å². The first-order valence-electron chi connectivity index (χ1n) is 4.91. The van der Waals surface area contributed by atoms with E-state index in [1.54, 1.807) is 0 Å². The van der Waals surface area contributed by atoms with E-state index >= 15 is 0 Å². The van der Waals surface area contributed by atoms with E-state index in [-0.39, 0.29) is 12.6 Å². The summed E-state index contributed by atoms with van der Waals surface area (Å²) in [6.45, 7) is 2.44. The summed E-state index contributed by atoms with van der Waals surface area (Å²) in [5.41, 5.74) is 2.13. The lowest BCUT2D eigenvalue weighted by atomic mass is 10.0. The van der Waals surface area contributed by atoms with Crippen molar-refractivity contribution in [3.8, 4) is 0 Å². The van der Waals surface area contributed by atoms with Gasteiger partial charge < -0.3 is 15.2 Å². The molecule has 1 atom stereocenters. The predicted molar refractivity (Wildman–Crippen MR) is 53.9 cm³/mol. The Morgan fingerprint density at radius 2 is 2.29 bits per heavy atom. The average molecular weight is 193 g/mol. The minimum absolute atomic E-state index is 0.0916. The average Bonchev–Trinajstić information content (AvgIpc) is 2.30. The van der Waals surface area contributed by atoms with E-state index in [9.17, 15) is 5.11 Å². The second-order valence-corrected chi connectivity index (χ2v) is 3.44. The van der Waals surface area contributed by atoms with Crippen LogP contribution in [0.4, 0.5) is 0 Å². The van der Waals surface area contributed by atoms with E-state index < -0.39 is 0 Å². The number of nitrogens with one attached hydrogen (secondary N) is 1. The van der Waals surface area contributed by atoms with Gasteiger partial charge in [0.15, 0.2) is 0 Å². The predicted octanol–water partition coefficient (Wildman–Crippen LogP) is 0.840. The highest BCUT2D eigenvalue weighted by atomic mass is 16.5. The summed E-state index contributed by atoms with van der Waals surface area (Å²) in [4.78, 5) is 0. The van der Waals surface area contributed by atoms with Gasteiger partial charge in [-0.05, 0) is 11.1 Å². The zero-order chi connectivity index (χ0) is 9.80. The van der Waals surface area contributed by atoms with E-state index in [1.165, 1.54) is 0 Å². The van der Waals surface area contributed by atoms with Gasteiger partial charge in [-0.1, -0.05) is 24.3 Å². The standard InChI is InChI=1S/C11H15NO2/c13-7-9-3-1-2-4-10(9)11-8-14-6-5-12-11/h1-4,11-13H,5-8H2. The van der Waals surface area contributed by atoms with E-state index in [0.717, 1.165) is 24.3 Å². The maximum absolute atomic E-state index is 9.18. The minimum atomic E-state index is 0.0916. The fraction of sp³-hybridized carbons (Fsp3) is 0.455. The maximum atomic E-state index is 9.18. The Bertz CT molecular complexity index is 295. The van der Waals surface area contributed by atoms with Gasteiger partial charge in [0.05, 0.1) is 25.9 Å². The molecule has 0 bridgehead atoms. The first kappa shape index (κ1) is 9.65. The van der Waals surface area contributed by atoms with E-state index in [0.29, 0.717) is 6.61 Å². The summed E-state index contributed by atoms with van der Waals surface area (Å²) in [7, 11) is 0. The van der Waals surface area contributed by atoms with Crippen molar-refractivity contribution in [1.29, 1.82) is 0 Å². The highest BCUT2D eigenvalue weighted by molar-refractivity contribution is 5.29. The van der Waals surface area contributed by atoms with Crippen LogP contribution in [0, 0.1) is 0 Å². The third-order valence-corrected chi connectivity index (χ3v) is 2.52. The van der Waals surface area contributed by atoms with Crippen LogP contribution in [0.2, 0.25) is 0 Å². The largest absolute Gasteiger partial charge is 0.392 e. The number of hydrogen-bond donors (Lipinski definition) is 2. The molecule has 1 aromatic rings. The molecule has 1 aliphatic rings. The topological polar surface area (TPSA) is 41.5 Å². The van der Waals surface area contributed by atoms with Crippen molar-refractivity contribution in [2.75, 3.05) is 19.8 Å². The molecule has 2 rings (SSSR count). The molecule has 1 fully saturated rings. The van der Waals surface area contributed by atoms with Gasteiger partial charge >= 0.3 is 0 Å². The first-order valence-corrected chi connectivity index (χ1v) is 4.91. The molecule has 14 heavy (non-hydrogen) atoms. The Morgan fingerprint density at radius 3 is 3.00 bits per heavy atom. The number of aliphatic hydroxyl groups excluding tert-OH is 1. The van der Waals surface area contributed by atoms with Gasteiger partial charge in [0.25, 0.3) is 0 Å². The Balaban J connectivity index is 2.20. The fourth-order valence-corrected chi connectivity index (χ4v) is 1.78. The third kappa shape index (κ3) is 1.95. The van der Waals surface area contributed by atoms with Gasteiger partial charge in [0.2, 0.25) is 0 Å². The van der Waals surface area contributed by atoms with Crippen LogP contribution in [0.3, 0.4) is 0 Å². The van der Waals surface area contributed by atoms with Crippen molar-refractivity contribution in [3.63, 3.8) is 0 Å². The minimum Gasteiger partial charge on any atom is -0.392 e. The van der Waals surface area contributed by atoms with Crippen molar-refractivity contribution >= 4 is 0 Å². The van der Waals surface area contributed by atoms with Gasteiger partial charge in [-0.15, -0.1) is 0 Å². The molecule has 0 radical (unpaired) electrons. The second kappa shape index (κ2) is 4.55. The molecular formula is C11H15NO2. The molecule has 0 spiro atoms. The molecule has 1 saturated heterocycles. The highest BCUT2D eigenvalue weighted by Crippen LogP contribution is 2.19. The molecule has 1 aromatic carbocycles. The number of benzene rings is 1. The van der Waals surface area contributed by atoms with Gasteiger partial charge in [-0.3, -0.25) is 0 Å². The lowest BCUT2D eigenvalue weighted by Crippen LogP contribution is -2.35. The molecule has 3 nitrogen and oxygen atoms in total. The lowest BCUT2D eigenvalue weighted by Gasteiger charge is -2.25. The summed E-state index contributed by atoms with van der Waals surface area (Å²) in [6.07, 6.45) is 0. The summed E-state index contributed by atoms with van der Waals surface area (Å²) in [6, 6.07) is 8.15. The van der Waals surface area contributed by atoms with Crippen LogP contribution in [0.5, 0.6) is 0 Å². The summed E-state index contributed by atoms with van der Waals surface area (Å²) >= 11 is 0. The monoisotopic (exact) mass is 193 g/mol. The summed E-state index contributed by atoms with van der Waals surface area (Å²) < 4.78 is 5.39. The zero-order valence-corrected chi connectivity index (χ0v) is 8.07. The van der Waals surface area contributed by atoms with Gasteiger partial charge in [-0.2, -0.15) is 0 Å². The second-order valence-electron chi connectivity index (χ2n) is 3.44. The number of morpholine rings is 1. The highest BCUT2D eigenvalue weighted by Gasteiger charge is 2.17. The number of hydrogen-bond acceptors (Lipinski definition) is 3. The molecule has 76 valence electrons. The molecule has 0 saturated carbocycles. The van der Waals surface area contributed by atoms with Crippen LogP contribution in [-0.4, -0.2) is 24.9 Å². The van der Waals surface area contributed by atoms with E-state index in [4.69, 9.17) is 4.74 Å². The maximum Gasteiger partial charge on any atom is 0.0685 e. The molecular weight excluding hydrogens is 178 g/mol. The third-order valence-electron chi connectivity index (χ3n) is 2.52. The van der Waals surface area contributed by atoms with Crippen LogP contribution in [0.1, 0.15) is 17.2 Å². The van der Waals surface area contributed by atoms with E-state index in [1.807, 2.05) is 24.3 Å². The Kier molecular flexibility index (Phi) is 3.14. The number of rotatable bonds is 2. The molecule has 0 aliphatic carbocycles. The SMILES string of the molecule is OCc1ccccc1C1COCCN1. The van der Waals surface area contributed by atoms with E-state index in [2.05, 4.69) is 5.32 Å². The van der Waals surface area contributed by atoms with Crippen LogP contribution >= 0.6 is 0 Å². The lowest BCUT2D eigenvalue weighted by molar-refractivity contribution is 0.0762. The van der Waals surface area contributed by atoms with Gasteiger partial charge in [0, 0.05) is 6.54 Å². The Morgan fingerprint density at radius 1 is 1.43 bits per heavy atom. The number of ether oxygens (including phenoxy) is 1. The normalized spacial score (nSPS) is 22.2. The molecule has 1 aliphatic heterocycles. The molecule has 0 aromatic heterocycles. The van der Waals surface area contributed by atoms with Gasteiger partial charge in [-0.25, -0.2) is 0 Å². The molecule has 2 N–H and O–H groups in total. The van der Waals surface area contributed by atoms with Crippen LogP contribution in [0.15, 0.2) is 24.3 Å². The Hall–Kier alpha value is -0.900. The Labute approximate surface area is 83.7 Å². The summed E-state index contributed by atoms with van der Waals surface area (Å²) in [5.74, 6) is 0. The molecule has 0 amide bonds. The molecule has 1 unspecified atom stereocenters. The van der Waals surface area contributed by atoms with Gasteiger partial charge in [0.1, 0.15) is 0 Å². The fourth-order valence-electron chi connectivity index (χ4n) is 1.78. The first-order chi connectivity index (χ1) is 6.92. The quantitative estimate of drug-likeness (QED) is 0.731. The zero-order valence-electron chi connectivity index (χ0n) is 8.07. The van der Waals surface area contributed by atoms with Crippen molar-refractivity contribution in [2.24, 2.45) is 0 Å². The molecule has 3 heteroatoms. The summed E-state index contributed by atoms with van der Waals surface area (Å²) in [5, 5.41) is 12.6.